The summed E-state index contributed by atoms with van der Waals surface area (Å²) in [5.74, 6) is -1.04. The Balaban J connectivity index is 1.70. The van der Waals surface area contributed by atoms with Crippen molar-refractivity contribution in [1.29, 1.82) is 0 Å². The van der Waals surface area contributed by atoms with E-state index in [9.17, 15) is 9.90 Å². The number of carboxylic acids is 1. The first-order chi connectivity index (χ1) is 15.4. The fraction of sp³-hybridized carbons (Fsp3) is 0.480. The van der Waals surface area contributed by atoms with Gasteiger partial charge in [0.1, 0.15) is 5.54 Å². The maximum Gasteiger partial charge on any atom is 0.329 e. The number of benzene rings is 2. The molecule has 0 spiro atoms. The van der Waals surface area contributed by atoms with E-state index in [2.05, 4.69) is 5.32 Å². The molecule has 32 heavy (non-hydrogen) atoms. The number of anilines is 1. The summed E-state index contributed by atoms with van der Waals surface area (Å²) in [6.07, 6.45) is 3.05. The largest absolute Gasteiger partial charge is 0.491 e. The van der Waals surface area contributed by atoms with Gasteiger partial charge in [-0.05, 0) is 55.5 Å². The summed E-state index contributed by atoms with van der Waals surface area (Å²) in [6.45, 7) is 5.14. The Morgan fingerprint density at radius 2 is 1.94 bits per heavy atom. The van der Waals surface area contributed by atoms with Gasteiger partial charge in [-0.1, -0.05) is 18.2 Å². The smallest absolute Gasteiger partial charge is 0.329 e. The van der Waals surface area contributed by atoms with Gasteiger partial charge in [-0.3, -0.25) is 0 Å². The van der Waals surface area contributed by atoms with Gasteiger partial charge in [0.25, 0.3) is 0 Å². The maximum atomic E-state index is 15.4. The molecule has 4 rings (SSSR count). The van der Waals surface area contributed by atoms with Crippen LogP contribution in [0, 0.1) is 12.7 Å². The highest BCUT2D eigenvalue weighted by Gasteiger charge is 2.40. The Hall–Kier alpha value is -2.64. The average Bonchev–Trinajstić information content (AvgIpc) is 3.61. The molecule has 2 aliphatic rings. The lowest BCUT2D eigenvalue weighted by Gasteiger charge is -2.35. The van der Waals surface area contributed by atoms with Gasteiger partial charge in [0, 0.05) is 37.3 Å². The van der Waals surface area contributed by atoms with E-state index < -0.39 is 17.3 Å². The van der Waals surface area contributed by atoms with Crippen molar-refractivity contribution in [3.05, 3.63) is 47.3 Å². The number of nitrogens with one attached hydrogen (secondary N) is 1. The summed E-state index contributed by atoms with van der Waals surface area (Å²) in [4.78, 5) is 12.0. The molecule has 0 atom stereocenters. The first kappa shape index (κ1) is 22.6. The van der Waals surface area contributed by atoms with Crippen LogP contribution < -0.4 is 10.1 Å². The molecular weight excluding hydrogens is 413 g/mol. The minimum atomic E-state index is -1.08. The SMILES string of the molecule is CCOc1c(C)ccc(-c2ccc(NC3(C(=O)O)CCOCC3)cc2COC2CC2)c1F. The highest BCUT2D eigenvalue weighted by atomic mass is 19.1. The number of halogens is 1. The lowest BCUT2D eigenvalue weighted by molar-refractivity contribution is -0.145. The van der Waals surface area contributed by atoms with Crippen LogP contribution in [-0.4, -0.2) is 42.5 Å². The highest BCUT2D eigenvalue weighted by Crippen LogP contribution is 2.37. The lowest BCUT2D eigenvalue weighted by atomic mass is 9.89. The second-order valence-corrected chi connectivity index (χ2v) is 8.51. The van der Waals surface area contributed by atoms with E-state index in [1.54, 1.807) is 12.1 Å². The monoisotopic (exact) mass is 443 g/mol. The zero-order valence-corrected chi connectivity index (χ0v) is 18.6. The predicted molar refractivity (Wildman–Crippen MR) is 120 cm³/mol. The van der Waals surface area contributed by atoms with Gasteiger partial charge in [-0.2, -0.15) is 0 Å². The minimum absolute atomic E-state index is 0.238. The first-order valence-electron chi connectivity index (χ1n) is 11.2. The highest BCUT2D eigenvalue weighted by molar-refractivity contribution is 5.83. The van der Waals surface area contributed by atoms with Crippen LogP contribution in [0.25, 0.3) is 11.1 Å². The van der Waals surface area contributed by atoms with Gasteiger partial charge in [-0.15, -0.1) is 0 Å². The summed E-state index contributed by atoms with van der Waals surface area (Å²) in [7, 11) is 0. The average molecular weight is 444 g/mol. The van der Waals surface area contributed by atoms with Crippen molar-refractivity contribution in [2.45, 2.75) is 57.8 Å². The van der Waals surface area contributed by atoms with Gasteiger partial charge in [0.05, 0.1) is 19.3 Å². The summed E-state index contributed by atoms with van der Waals surface area (Å²) in [5, 5.41) is 13.1. The molecule has 172 valence electrons. The summed E-state index contributed by atoms with van der Waals surface area (Å²) in [6, 6.07) is 9.11. The van der Waals surface area contributed by atoms with Crippen LogP contribution in [0.5, 0.6) is 5.75 Å². The molecule has 1 heterocycles. The molecule has 0 amide bonds. The molecule has 1 saturated carbocycles. The van der Waals surface area contributed by atoms with Crippen molar-refractivity contribution >= 4 is 11.7 Å². The molecule has 1 aliphatic heterocycles. The Bertz CT molecular complexity index is 983. The quantitative estimate of drug-likeness (QED) is 0.573. The second kappa shape index (κ2) is 9.46. The van der Waals surface area contributed by atoms with Crippen molar-refractivity contribution < 1.29 is 28.5 Å². The number of rotatable bonds is 9. The summed E-state index contributed by atoms with van der Waals surface area (Å²) >= 11 is 0. The number of carboxylic acid groups (broad SMARTS) is 1. The van der Waals surface area contributed by atoms with Gasteiger partial charge in [-0.25, -0.2) is 9.18 Å². The molecule has 1 saturated heterocycles. The molecule has 2 N–H and O–H groups in total. The van der Waals surface area contributed by atoms with Gasteiger partial charge in [0.2, 0.25) is 0 Å². The van der Waals surface area contributed by atoms with Gasteiger partial charge in [0.15, 0.2) is 11.6 Å². The van der Waals surface area contributed by atoms with E-state index in [-0.39, 0.29) is 11.9 Å². The Kier molecular flexibility index (Phi) is 6.67. The molecule has 2 aromatic rings. The molecule has 2 aromatic carbocycles. The van der Waals surface area contributed by atoms with Crippen molar-refractivity contribution in [3.8, 4) is 16.9 Å². The Morgan fingerprint density at radius 1 is 1.22 bits per heavy atom. The van der Waals surface area contributed by atoms with Crippen LogP contribution in [0.4, 0.5) is 10.1 Å². The normalized spacial score (nSPS) is 17.7. The first-order valence-corrected chi connectivity index (χ1v) is 11.2. The summed E-state index contributed by atoms with van der Waals surface area (Å²) < 4.78 is 32.2. The molecule has 2 fully saturated rings. The van der Waals surface area contributed by atoms with E-state index in [4.69, 9.17) is 14.2 Å². The topological polar surface area (TPSA) is 77.0 Å². The third-order valence-corrected chi connectivity index (χ3v) is 6.12. The van der Waals surface area contributed by atoms with E-state index in [1.165, 1.54) is 0 Å². The van der Waals surface area contributed by atoms with Crippen molar-refractivity contribution in [1.82, 2.24) is 0 Å². The zero-order valence-electron chi connectivity index (χ0n) is 18.6. The molecule has 0 aromatic heterocycles. The summed E-state index contributed by atoms with van der Waals surface area (Å²) in [5.41, 5.74) is 2.30. The lowest BCUT2D eigenvalue weighted by Crippen LogP contribution is -2.50. The van der Waals surface area contributed by atoms with E-state index >= 15 is 4.39 Å². The van der Waals surface area contributed by atoms with Crippen LogP contribution >= 0.6 is 0 Å². The van der Waals surface area contributed by atoms with Gasteiger partial charge < -0.3 is 24.6 Å². The number of hydrogen-bond donors (Lipinski definition) is 2. The Labute approximate surface area is 187 Å². The van der Waals surface area contributed by atoms with Crippen LogP contribution in [0.1, 0.15) is 43.7 Å². The maximum absolute atomic E-state index is 15.4. The predicted octanol–water partition coefficient (Wildman–Crippen LogP) is 4.92. The number of ether oxygens (including phenoxy) is 3. The Morgan fingerprint density at radius 3 is 2.59 bits per heavy atom. The third-order valence-electron chi connectivity index (χ3n) is 6.12. The molecule has 0 radical (unpaired) electrons. The van der Waals surface area contributed by atoms with Crippen LogP contribution in [0.3, 0.4) is 0 Å². The fourth-order valence-electron chi connectivity index (χ4n) is 4.07. The van der Waals surface area contributed by atoms with Crippen LogP contribution in [0.15, 0.2) is 30.3 Å². The van der Waals surface area contributed by atoms with Crippen LogP contribution in [-0.2, 0) is 20.9 Å². The number of carbonyl (C=O) groups is 1. The fourth-order valence-corrected chi connectivity index (χ4v) is 4.07. The standard InChI is InChI=1S/C25H30FNO5/c1-3-31-23-16(2)4-8-21(22(23)26)20-9-5-18(14-17(20)15-32-19-6-7-19)27-25(24(28)29)10-12-30-13-11-25/h4-5,8-9,14,19,27H,3,6-7,10-13,15H2,1-2H3,(H,28,29). The molecule has 6 nitrogen and oxygen atoms in total. The zero-order chi connectivity index (χ0) is 22.7. The molecule has 0 unspecified atom stereocenters. The van der Waals surface area contributed by atoms with Gasteiger partial charge >= 0.3 is 5.97 Å². The molecule has 0 bridgehead atoms. The second-order valence-electron chi connectivity index (χ2n) is 8.51. The number of aryl methyl sites for hydroxylation is 1. The van der Waals surface area contributed by atoms with E-state index in [0.29, 0.717) is 56.1 Å². The van der Waals surface area contributed by atoms with E-state index in [0.717, 1.165) is 24.0 Å². The number of aliphatic carboxylic acids is 1. The third kappa shape index (κ3) is 4.74. The van der Waals surface area contributed by atoms with E-state index in [1.807, 2.05) is 32.0 Å². The molecule has 7 heteroatoms. The molecular formula is C25H30FNO5. The van der Waals surface area contributed by atoms with Crippen LogP contribution in [0.2, 0.25) is 0 Å². The number of hydrogen-bond acceptors (Lipinski definition) is 5. The minimum Gasteiger partial charge on any atom is -0.491 e. The van der Waals surface area contributed by atoms with Crippen molar-refractivity contribution in [3.63, 3.8) is 0 Å². The molecule has 1 aliphatic carbocycles. The van der Waals surface area contributed by atoms with Crippen molar-refractivity contribution in [2.24, 2.45) is 0 Å². The van der Waals surface area contributed by atoms with Crippen molar-refractivity contribution in [2.75, 3.05) is 25.1 Å².